The number of amides is 4. The van der Waals surface area contributed by atoms with Gasteiger partial charge in [-0.2, -0.15) is 0 Å². The topological polar surface area (TPSA) is 209 Å². The minimum Gasteiger partial charge on any atom is -0.493 e. The van der Waals surface area contributed by atoms with Gasteiger partial charge in [-0.3, -0.25) is 14.9 Å². The van der Waals surface area contributed by atoms with Crippen molar-refractivity contribution in [2.45, 2.75) is 44.2 Å². The Morgan fingerprint density at radius 3 is 1.81 bits per heavy atom. The van der Waals surface area contributed by atoms with Crippen LogP contribution in [-0.4, -0.2) is 116 Å². The maximum absolute atomic E-state index is 13.7. The van der Waals surface area contributed by atoms with Crippen LogP contribution in [0.3, 0.4) is 0 Å². The molecule has 2 heterocycles. The van der Waals surface area contributed by atoms with Crippen molar-refractivity contribution in [2.75, 3.05) is 65.7 Å². The van der Waals surface area contributed by atoms with E-state index in [1.807, 2.05) is 0 Å². The number of carbonyl (C=O) groups excluding carboxylic acids is 4. The third kappa shape index (κ3) is 10.2. The Morgan fingerprint density at radius 1 is 0.796 bits per heavy atom. The van der Waals surface area contributed by atoms with Gasteiger partial charge in [0.1, 0.15) is 12.4 Å². The number of hydrogen-bond acceptors (Lipinski definition) is 12. The quantitative estimate of drug-likeness (QED) is 0.126. The van der Waals surface area contributed by atoms with Gasteiger partial charge < -0.3 is 54.2 Å². The average Bonchev–Trinajstić information content (AvgIpc) is 3.74. The maximum atomic E-state index is 13.7. The van der Waals surface area contributed by atoms with Crippen LogP contribution in [0.15, 0.2) is 61.2 Å². The molecule has 2 aliphatic heterocycles. The molecule has 2 aliphatic rings. The van der Waals surface area contributed by atoms with Gasteiger partial charge in [0.25, 0.3) is 11.8 Å². The molecule has 292 valence electrons. The monoisotopic (exact) mass is 752 g/mol. The number of primary amides is 1. The average molecular weight is 753 g/mol. The molecule has 0 radical (unpaired) electrons. The van der Waals surface area contributed by atoms with Gasteiger partial charge in [0, 0.05) is 31.3 Å². The lowest BCUT2D eigenvalue weighted by Crippen LogP contribution is -2.38. The number of anilines is 1. The van der Waals surface area contributed by atoms with E-state index in [0.717, 1.165) is 11.1 Å². The summed E-state index contributed by atoms with van der Waals surface area (Å²) in [5, 5.41) is 22.2. The van der Waals surface area contributed by atoms with Crippen LogP contribution < -0.4 is 34.7 Å². The first-order chi connectivity index (χ1) is 25.9. The Kier molecular flexibility index (Phi) is 14.7. The van der Waals surface area contributed by atoms with Gasteiger partial charge in [0.15, 0.2) is 23.0 Å². The van der Waals surface area contributed by atoms with Crippen LogP contribution in [-0.2, 0) is 4.74 Å². The summed E-state index contributed by atoms with van der Waals surface area (Å²) in [6.45, 7) is 11.8. The summed E-state index contributed by atoms with van der Waals surface area (Å²) < 4.78 is 33.2. The zero-order chi connectivity index (χ0) is 39.4. The minimum atomic E-state index is -1.12. The molecular formula is C38H48N4O12. The molecule has 2 saturated heterocycles. The number of unbranched alkanes of at least 4 members (excludes halogenated alkanes) is 2. The zero-order valence-corrected chi connectivity index (χ0v) is 30.6. The molecule has 2 aromatic carbocycles. The summed E-state index contributed by atoms with van der Waals surface area (Å²) >= 11 is 0. The first-order valence-corrected chi connectivity index (χ1v) is 17.3. The van der Waals surface area contributed by atoms with E-state index in [-0.39, 0.29) is 91.7 Å². The number of carbonyl (C=O) groups is 4. The van der Waals surface area contributed by atoms with E-state index >= 15 is 0 Å². The van der Waals surface area contributed by atoms with Gasteiger partial charge in [-0.1, -0.05) is 37.0 Å². The third-order valence-corrected chi connectivity index (χ3v) is 8.78. The number of ether oxygens (including phenoxy) is 6. The normalized spacial score (nSPS) is 16.5. The molecule has 2 aromatic rings. The van der Waals surface area contributed by atoms with Gasteiger partial charge in [-0.25, -0.2) is 9.59 Å². The van der Waals surface area contributed by atoms with Crippen molar-refractivity contribution in [3.8, 4) is 28.7 Å². The van der Waals surface area contributed by atoms with Crippen molar-refractivity contribution in [2.24, 2.45) is 5.73 Å². The molecular weight excluding hydrogens is 704 g/mol. The van der Waals surface area contributed by atoms with E-state index in [0.29, 0.717) is 32.1 Å². The Morgan fingerprint density at radius 2 is 1.31 bits per heavy atom. The second-order valence-electron chi connectivity index (χ2n) is 12.7. The molecule has 0 aliphatic carbocycles. The molecule has 16 heteroatoms. The Labute approximate surface area is 313 Å². The summed E-state index contributed by atoms with van der Waals surface area (Å²) in [5.41, 5.74) is 7.14. The van der Waals surface area contributed by atoms with Crippen LogP contribution in [0.4, 0.5) is 15.3 Å². The lowest BCUT2D eigenvalue weighted by molar-refractivity contribution is 0.0671. The highest BCUT2D eigenvalue weighted by molar-refractivity contribution is 6.04. The first kappa shape index (κ1) is 41.0. The maximum Gasteiger partial charge on any atom is 0.411 e. The van der Waals surface area contributed by atoms with E-state index in [2.05, 4.69) is 25.1 Å². The van der Waals surface area contributed by atoms with Crippen LogP contribution >= 0.6 is 0 Å². The fourth-order valence-corrected chi connectivity index (χ4v) is 6.18. The van der Waals surface area contributed by atoms with Gasteiger partial charge >= 0.3 is 12.2 Å². The van der Waals surface area contributed by atoms with Crippen molar-refractivity contribution in [3.05, 3.63) is 72.4 Å². The number of hydrogen-bond donors (Lipinski definition) is 4. The standard InChI is InChI=1S/C38H48N4O12/c1-6-10-53-38(48)40-29-17-33(31(49-4)15-27(29)35(45)41-19-23(2)13-25(41)21-43)51-11-8-7-9-12-52-34-18-30(54-37(39)47)28(16-32(34)50-5)36(46)42-20-24(3)14-26(42)22-44/h6,15-18,25-26,43-44H,1-3,7-14,19-22H2,4-5H3,(H2,39,47)(H,40,48)/t25-,26-/m0/s1. The number of methoxy groups -OCH3 is 2. The van der Waals surface area contributed by atoms with Crippen LogP contribution in [0.1, 0.15) is 52.8 Å². The van der Waals surface area contributed by atoms with Gasteiger partial charge in [0.2, 0.25) is 0 Å². The van der Waals surface area contributed by atoms with Crippen LogP contribution in [0.25, 0.3) is 0 Å². The lowest BCUT2D eigenvalue weighted by atomic mass is 10.1. The molecule has 0 spiro atoms. The largest absolute Gasteiger partial charge is 0.493 e. The number of likely N-dealkylation sites (tertiary alicyclic amines) is 2. The molecule has 5 N–H and O–H groups in total. The van der Waals surface area contributed by atoms with Crippen molar-refractivity contribution >= 4 is 29.7 Å². The molecule has 54 heavy (non-hydrogen) atoms. The summed E-state index contributed by atoms with van der Waals surface area (Å²) in [4.78, 5) is 54.3. The smallest absolute Gasteiger partial charge is 0.411 e. The molecule has 2 fully saturated rings. The SMILES string of the molecule is C=CCOC(=O)Nc1cc(OCCCCCOc2cc(OC(N)=O)c(C(=O)N3CC(=C)C[C@H]3CO)cc2OC)c(OC)cc1C(=O)N1CC(=C)C[C@H]1CO. The number of benzene rings is 2. The van der Waals surface area contributed by atoms with Crippen LogP contribution in [0.2, 0.25) is 0 Å². The highest BCUT2D eigenvalue weighted by Gasteiger charge is 2.35. The summed E-state index contributed by atoms with van der Waals surface area (Å²) in [6.07, 6.45) is 2.22. The molecule has 16 nitrogen and oxygen atoms in total. The molecule has 4 amide bonds. The Bertz CT molecular complexity index is 1740. The molecule has 2 atom stereocenters. The molecule has 0 bridgehead atoms. The van der Waals surface area contributed by atoms with Gasteiger partial charge in [-0.15, -0.1) is 0 Å². The predicted molar refractivity (Wildman–Crippen MR) is 198 cm³/mol. The lowest BCUT2D eigenvalue weighted by Gasteiger charge is -2.24. The first-order valence-electron chi connectivity index (χ1n) is 17.3. The Balaban J connectivity index is 1.40. The van der Waals surface area contributed by atoms with Crippen molar-refractivity contribution in [3.63, 3.8) is 0 Å². The molecule has 4 rings (SSSR count). The second kappa shape index (κ2) is 19.4. The highest BCUT2D eigenvalue weighted by atomic mass is 16.6. The third-order valence-electron chi connectivity index (χ3n) is 8.78. The predicted octanol–water partition coefficient (Wildman–Crippen LogP) is 4.05. The summed E-state index contributed by atoms with van der Waals surface area (Å²) in [5.74, 6) is -0.0550. The zero-order valence-electron chi connectivity index (χ0n) is 30.6. The molecule has 0 aromatic heterocycles. The molecule has 0 saturated carbocycles. The Hall–Kier alpha value is -5.74. The summed E-state index contributed by atoms with van der Waals surface area (Å²) in [7, 11) is 2.84. The number of nitrogens with zero attached hydrogens (tertiary/aromatic N) is 2. The number of rotatable bonds is 18. The summed E-state index contributed by atoms with van der Waals surface area (Å²) in [6, 6.07) is 4.81. The van der Waals surface area contributed by atoms with Crippen molar-refractivity contribution < 1.29 is 57.8 Å². The van der Waals surface area contributed by atoms with Crippen LogP contribution in [0, 0.1) is 0 Å². The number of nitrogens with two attached hydrogens (primary N) is 1. The van der Waals surface area contributed by atoms with E-state index < -0.39 is 36.1 Å². The second-order valence-corrected chi connectivity index (χ2v) is 12.7. The van der Waals surface area contributed by atoms with E-state index in [4.69, 9.17) is 34.2 Å². The fourth-order valence-electron chi connectivity index (χ4n) is 6.18. The number of aliphatic hydroxyl groups is 2. The highest BCUT2D eigenvalue weighted by Crippen LogP contribution is 2.38. The van der Waals surface area contributed by atoms with Gasteiger partial charge in [-0.05, 0) is 38.2 Å². The van der Waals surface area contributed by atoms with E-state index in [1.165, 1.54) is 54.4 Å². The van der Waals surface area contributed by atoms with E-state index in [9.17, 15) is 29.4 Å². The van der Waals surface area contributed by atoms with Crippen LogP contribution in [0.5, 0.6) is 28.7 Å². The molecule has 0 unspecified atom stereocenters. The van der Waals surface area contributed by atoms with Crippen molar-refractivity contribution in [1.82, 2.24) is 9.80 Å². The van der Waals surface area contributed by atoms with Crippen molar-refractivity contribution in [1.29, 1.82) is 0 Å². The minimum absolute atomic E-state index is 0.0134. The van der Waals surface area contributed by atoms with Gasteiger partial charge in [0.05, 0.1) is 69.5 Å². The number of aliphatic hydroxyl groups excluding tert-OH is 2. The number of nitrogens with one attached hydrogen (secondary N) is 1. The van der Waals surface area contributed by atoms with E-state index in [1.54, 1.807) is 0 Å². The fraction of sp³-hybridized carbons (Fsp3) is 0.421.